The van der Waals surface area contributed by atoms with E-state index in [0.717, 1.165) is 36.3 Å². The molecule has 0 radical (unpaired) electrons. The summed E-state index contributed by atoms with van der Waals surface area (Å²) in [5.74, 6) is -0.377. The highest BCUT2D eigenvalue weighted by molar-refractivity contribution is 5.99. The predicted molar refractivity (Wildman–Crippen MR) is 78.2 cm³/mol. The van der Waals surface area contributed by atoms with Gasteiger partial charge in [-0.15, -0.1) is 4.91 Å². The number of anilines is 1. The van der Waals surface area contributed by atoms with Crippen molar-refractivity contribution in [2.75, 3.05) is 4.90 Å². The van der Waals surface area contributed by atoms with E-state index in [4.69, 9.17) is 0 Å². The van der Waals surface area contributed by atoms with E-state index in [1.165, 1.54) is 6.07 Å². The number of aliphatic hydroxyl groups excluding tert-OH is 1. The molecule has 0 aromatic heterocycles. The Bertz CT molecular complexity index is 721. The van der Waals surface area contributed by atoms with Crippen LogP contribution in [0.4, 0.5) is 24.5 Å². The molecule has 3 unspecified atom stereocenters. The maximum atomic E-state index is 13.1. The van der Waals surface area contributed by atoms with Gasteiger partial charge in [0.1, 0.15) is 11.9 Å². The number of aliphatic hydroxyl groups is 1. The minimum absolute atomic E-state index is 0.0407. The normalized spacial score (nSPS) is 34.8. The van der Waals surface area contributed by atoms with Gasteiger partial charge in [0.15, 0.2) is 0 Å². The molecule has 3 aliphatic rings. The summed E-state index contributed by atoms with van der Waals surface area (Å²) >= 11 is 0. The minimum Gasteiger partial charge on any atom is -0.373 e. The van der Waals surface area contributed by atoms with Gasteiger partial charge in [0.2, 0.25) is 5.91 Å². The predicted octanol–water partition coefficient (Wildman–Crippen LogP) is 3.43. The van der Waals surface area contributed by atoms with Crippen LogP contribution in [0.5, 0.6) is 0 Å². The van der Waals surface area contributed by atoms with Crippen molar-refractivity contribution in [1.82, 2.24) is 0 Å². The molecule has 1 amide bonds. The third kappa shape index (κ3) is 2.02. The molecule has 1 N–H and O–H groups in total. The Balaban J connectivity index is 1.74. The Morgan fingerprint density at radius 1 is 1.21 bits per heavy atom. The molecule has 128 valence electrons. The molecule has 5 atom stereocenters. The van der Waals surface area contributed by atoms with E-state index in [1.807, 2.05) is 0 Å². The maximum absolute atomic E-state index is 13.1. The highest BCUT2D eigenvalue weighted by Gasteiger charge is 2.60. The Morgan fingerprint density at radius 3 is 2.54 bits per heavy atom. The number of benzene rings is 1. The van der Waals surface area contributed by atoms with Gasteiger partial charge in [0.05, 0.1) is 5.56 Å². The molecular formula is C16H15F3N2O3. The molecule has 2 aliphatic carbocycles. The van der Waals surface area contributed by atoms with E-state index in [2.05, 4.69) is 5.18 Å². The number of fused-ring (bicyclic) bond motifs is 5. The SMILES string of the molecule is O=Nc1ccc(N2C(=O)[C@H]3C4CCC(C4)[C@H]3C2O)cc1C(F)(F)F. The van der Waals surface area contributed by atoms with Gasteiger partial charge in [-0.05, 0) is 54.5 Å². The number of halogens is 3. The lowest BCUT2D eigenvalue weighted by atomic mass is 9.81. The molecule has 1 aromatic carbocycles. The summed E-state index contributed by atoms with van der Waals surface area (Å²) in [6.45, 7) is 0. The largest absolute Gasteiger partial charge is 0.418 e. The maximum Gasteiger partial charge on any atom is 0.418 e. The van der Waals surface area contributed by atoms with Crippen LogP contribution in [-0.2, 0) is 11.0 Å². The number of carbonyl (C=O) groups excluding carboxylic acids is 1. The molecule has 24 heavy (non-hydrogen) atoms. The van der Waals surface area contributed by atoms with Crippen LogP contribution >= 0.6 is 0 Å². The van der Waals surface area contributed by atoms with Gasteiger partial charge in [0, 0.05) is 17.5 Å². The summed E-state index contributed by atoms with van der Waals surface area (Å²) in [4.78, 5) is 24.4. The average molecular weight is 340 g/mol. The molecule has 8 heteroatoms. The van der Waals surface area contributed by atoms with Crippen LogP contribution in [0.25, 0.3) is 0 Å². The summed E-state index contributed by atoms with van der Waals surface area (Å²) in [7, 11) is 0. The van der Waals surface area contributed by atoms with E-state index in [-0.39, 0.29) is 35.3 Å². The number of hydrogen-bond acceptors (Lipinski definition) is 4. The first-order chi connectivity index (χ1) is 11.3. The lowest BCUT2D eigenvalue weighted by Gasteiger charge is -2.26. The van der Waals surface area contributed by atoms with Crippen molar-refractivity contribution in [1.29, 1.82) is 0 Å². The van der Waals surface area contributed by atoms with Crippen LogP contribution in [0, 0.1) is 28.6 Å². The lowest BCUT2D eigenvalue weighted by Crippen LogP contribution is -2.37. The molecule has 1 aliphatic heterocycles. The second kappa shape index (κ2) is 5.02. The Hall–Kier alpha value is -1.96. The number of nitrogens with zero attached hydrogens (tertiary/aromatic N) is 2. The topological polar surface area (TPSA) is 70.0 Å². The number of alkyl halides is 3. The van der Waals surface area contributed by atoms with Crippen molar-refractivity contribution in [3.63, 3.8) is 0 Å². The molecule has 4 rings (SSSR count). The smallest absolute Gasteiger partial charge is 0.373 e. The van der Waals surface area contributed by atoms with Gasteiger partial charge < -0.3 is 5.11 Å². The zero-order valence-electron chi connectivity index (χ0n) is 12.5. The van der Waals surface area contributed by atoms with Crippen molar-refractivity contribution in [2.45, 2.75) is 31.7 Å². The number of carbonyl (C=O) groups is 1. The Labute approximate surface area is 135 Å². The standard InChI is InChI=1S/C16H15F3N2O3/c17-16(18,19)10-6-9(3-4-11(10)20-24)21-14(22)12-7-1-2-8(5-7)13(12)15(21)23/h3-4,6-8,12-14,22H,1-2,5H2/t7?,8?,12-,13+,14?/m1/s1. The van der Waals surface area contributed by atoms with Gasteiger partial charge in [-0.2, -0.15) is 13.2 Å². The van der Waals surface area contributed by atoms with E-state index in [0.29, 0.717) is 0 Å². The second-order valence-electron chi connectivity index (χ2n) is 6.85. The van der Waals surface area contributed by atoms with Gasteiger partial charge in [0.25, 0.3) is 0 Å². The van der Waals surface area contributed by atoms with Crippen LogP contribution in [0.1, 0.15) is 24.8 Å². The van der Waals surface area contributed by atoms with Gasteiger partial charge in [-0.3, -0.25) is 9.69 Å². The summed E-state index contributed by atoms with van der Waals surface area (Å²) in [6, 6.07) is 2.89. The van der Waals surface area contributed by atoms with Gasteiger partial charge in [-0.1, -0.05) is 0 Å². The zero-order valence-corrected chi connectivity index (χ0v) is 12.5. The fourth-order valence-electron chi connectivity index (χ4n) is 4.85. The minimum atomic E-state index is -4.76. The number of rotatable bonds is 2. The first-order valence-electron chi connectivity index (χ1n) is 7.88. The van der Waals surface area contributed by atoms with Crippen molar-refractivity contribution in [3.05, 3.63) is 28.7 Å². The van der Waals surface area contributed by atoms with Crippen LogP contribution in [0.3, 0.4) is 0 Å². The lowest BCUT2D eigenvalue weighted by molar-refractivity contribution is -0.137. The summed E-state index contributed by atoms with van der Waals surface area (Å²) in [5.41, 5.74) is -1.97. The summed E-state index contributed by atoms with van der Waals surface area (Å²) in [6.07, 6.45) is -3.09. The quantitative estimate of drug-likeness (QED) is 0.839. The average Bonchev–Trinajstić information content (AvgIpc) is 3.20. The zero-order chi connectivity index (χ0) is 17.2. The van der Waals surface area contributed by atoms with E-state index in [1.54, 1.807) is 0 Å². The van der Waals surface area contributed by atoms with Crippen molar-refractivity contribution in [2.24, 2.45) is 28.8 Å². The molecule has 2 saturated carbocycles. The van der Waals surface area contributed by atoms with Crippen LogP contribution < -0.4 is 4.90 Å². The third-order valence-corrected chi connectivity index (χ3v) is 5.77. The third-order valence-electron chi connectivity index (χ3n) is 5.77. The molecular weight excluding hydrogens is 325 g/mol. The van der Waals surface area contributed by atoms with Crippen LogP contribution in [-0.4, -0.2) is 17.2 Å². The van der Waals surface area contributed by atoms with Crippen LogP contribution in [0.2, 0.25) is 0 Å². The first kappa shape index (κ1) is 15.6. The van der Waals surface area contributed by atoms with Crippen molar-refractivity contribution < 1.29 is 23.1 Å². The molecule has 3 fully saturated rings. The second-order valence-corrected chi connectivity index (χ2v) is 6.85. The van der Waals surface area contributed by atoms with E-state index >= 15 is 0 Å². The summed E-state index contributed by atoms with van der Waals surface area (Å²) < 4.78 is 39.3. The van der Waals surface area contributed by atoms with Crippen LogP contribution in [0.15, 0.2) is 23.4 Å². The molecule has 1 aromatic rings. The molecule has 1 heterocycles. The fraction of sp³-hybridized carbons (Fsp3) is 0.562. The number of nitroso groups, excluding NO2 is 1. The monoisotopic (exact) mass is 340 g/mol. The number of amides is 1. The summed E-state index contributed by atoms with van der Waals surface area (Å²) in [5, 5.41) is 13.0. The number of hydrogen-bond donors (Lipinski definition) is 1. The van der Waals surface area contributed by atoms with Crippen molar-refractivity contribution >= 4 is 17.3 Å². The van der Waals surface area contributed by atoms with E-state index < -0.39 is 23.7 Å². The first-order valence-corrected chi connectivity index (χ1v) is 7.88. The molecule has 5 nitrogen and oxygen atoms in total. The molecule has 0 spiro atoms. The van der Waals surface area contributed by atoms with Gasteiger partial charge in [-0.25, -0.2) is 0 Å². The Kier molecular flexibility index (Phi) is 3.25. The van der Waals surface area contributed by atoms with Crippen molar-refractivity contribution in [3.8, 4) is 0 Å². The highest BCUT2D eigenvalue weighted by atomic mass is 19.4. The fourth-order valence-corrected chi connectivity index (χ4v) is 4.85. The Morgan fingerprint density at radius 2 is 1.92 bits per heavy atom. The van der Waals surface area contributed by atoms with Gasteiger partial charge >= 0.3 is 6.18 Å². The molecule has 1 saturated heterocycles. The molecule has 2 bridgehead atoms. The van der Waals surface area contributed by atoms with E-state index in [9.17, 15) is 28.0 Å². The highest BCUT2D eigenvalue weighted by Crippen LogP contribution is 2.58.